The third kappa shape index (κ3) is 5.47. The number of hydrogen-bond donors (Lipinski definition) is 4. The second kappa shape index (κ2) is 7.22. The van der Waals surface area contributed by atoms with Crippen LogP contribution < -0.4 is 16.4 Å². The van der Waals surface area contributed by atoms with Crippen molar-refractivity contribution >= 4 is 23.6 Å². The number of carbonyl (C=O) groups excluding carboxylic acids is 2. The normalized spacial score (nSPS) is 11.5. The molecule has 0 spiro atoms. The number of carboxylic acids is 1. The van der Waals surface area contributed by atoms with E-state index in [1.54, 1.807) is 6.92 Å². The van der Waals surface area contributed by atoms with E-state index in [-0.39, 0.29) is 18.5 Å². The van der Waals surface area contributed by atoms with Gasteiger partial charge in [-0.3, -0.25) is 4.79 Å². The van der Waals surface area contributed by atoms with E-state index >= 15 is 0 Å². The maximum atomic E-state index is 13.3. The minimum absolute atomic E-state index is 0.125. The second-order valence-electron chi connectivity index (χ2n) is 4.46. The Morgan fingerprint density at radius 1 is 1.38 bits per heavy atom. The van der Waals surface area contributed by atoms with Gasteiger partial charge < -0.3 is 21.5 Å². The van der Waals surface area contributed by atoms with Crippen molar-refractivity contribution in [1.29, 1.82) is 0 Å². The lowest BCUT2D eigenvalue weighted by atomic mass is 10.1. The van der Waals surface area contributed by atoms with Crippen LogP contribution in [0.3, 0.4) is 0 Å². The number of nitrogens with one attached hydrogen (secondary N) is 2. The maximum absolute atomic E-state index is 13.3. The topological polar surface area (TPSA) is 122 Å². The van der Waals surface area contributed by atoms with Gasteiger partial charge in [-0.2, -0.15) is 0 Å². The molecule has 1 unspecified atom stereocenters. The van der Waals surface area contributed by atoms with E-state index < -0.39 is 29.8 Å². The molecule has 1 atom stereocenters. The summed E-state index contributed by atoms with van der Waals surface area (Å²) in [5, 5.41) is 13.4. The number of amides is 3. The van der Waals surface area contributed by atoms with Crippen LogP contribution in [0.15, 0.2) is 18.2 Å². The Morgan fingerprint density at radius 3 is 2.57 bits per heavy atom. The van der Waals surface area contributed by atoms with Crippen molar-refractivity contribution in [2.24, 2.45) is 5.73 Å². The van der Waals surface area contributed by atoms with Gasteiger partial charge in [-0.15, -0.1) is 0 Å². The molecule has 0 bridgehead atoms. The molecule has 1 rings (SSSR count). The van der Waals surface area contributed by atoms with Crippen molar-refractivity contribution in [3.63, 3.8) is 0 Å². The summed E-state index contributed by atoms with van der Waals surface area (Å²) >= 11 is 0. The third-order valence-corrected chi connectivity index (χ3v) is 2.71. The van der Waals surface area contributed by atoms with Gasteiger partial charge in [0.1, 0.15) is 11.9 Å². The standard InChI is InChI=1S/C13H16FN3O4/c1-7-2-3-8(6-9(7)14)16-13(21)17-10(12(19)20)4-5-11(15)18/h2-3,6,10H,4-5H2,1H3,(H2,15,18)(H,19,20)(H2,16,17,21). The molecule has 0 aliphatic rings. The number of aliphatic carboxylic acids is 1. The minimum Gasteiger partial charge on any atom is -0.480 e. The zero-order valence-corrected chi connectivity index (χ0v) is 11.4. The fourth-order valence-electron chi connectivity index (χ4n) is 1.54. The number of hydrogen-bond acceptors (Lipinski definition) is 3. The van der Waals surface area contributed by atoms with Crippen LogP contribution >= 0.6 is 0 Å². The number of carbonyl (C=O) groups is 3. The molecule has 7 nitrogen and oxygen atoms in total. The van der Waals surface area contributed by atoms with Gasteiger partial charge in [0.05, 0.1) is 0 Å². The number of anilines is 1. The van der Waals surface area contributed by atoms with Crippen LogP contribution in [-0.2, 0) is 9.59 Å². The maximum Gasteiger partial charge on any atom is 0.326 e. The van der Waals surface area contributed by atoms with Gasteiger partial charge in [0, 0.05) is 12.1 Å². The molecule has 114 valence electrons. The zero-order valence-electron chi connectivity index (χ0n) is 11.4. The van der Waals surface area contributed by atoms with Crippen molar-refractivity contribution in [3.05, 3.63) is 29.6 Å². The Bertz CT molecular complexity index is 562. The molecular formula is C13H16FN3O4. The fraction of sp³-hybridized carbons (Fsp3) is 0.308. The van der Waals surface area contributed by atoms with Crippen LogP contribution in [0.4, 0.5) is 14.9 Å². The molecule has 0 heterocycles. The molecule has 0 aliphatic carbocycles. The second-order valence-corrected chi connectivity index (χ2v) is 4.46. The van der Waals surface area contributed by atoms with Gasteiger partial charge in [0.2, 0.25) is 5.91 Å². The van der Waals surface area contributed by atoms with E-state index in [4.69, 9.17) is 10.8 Å². The van der Waals surface area contributed by atoms with Gasteiger partial charge in [-0.05, 0) is 31.0 Å². The Balaban J connectivity index is 2.62. The largest absolute Gasteiger partial charge is 0.480 e. The first-order valence-electron chi connectivity index (χ1n) is 6.14. The number of benzene rings is 1. The van der Waals surface area contributed by atoms with Crippen molar-refractivity contribution < 1.29 is 23.9 Å². The highest BCUT2D eigenvalue weighted by Crippen LogP contribution is 2.13. The van der Waals surface area contributed by atoms with Crippen molar-refractivity contribution in [1.82, 2.24) is 5.32 Å². The van der Waals surface area contributed by atoms with Crippen LogP contribution in [0, 0.1) is 12.7 Å². The van der Waals surface area contributed by atoms with E-state index in [0.717, 1.165) is 6.07 Å². The lowest BCUT2D eigenvalue weighted by Crippen LogP contribution is -2.43. The molecule has 8 heteroatoms. The number of halogens is 1. The molecule has 3 amide bonds. The lowest BCUT2D eigenvalue weighted by Gasteiger charge is -2.14. The Morgan fingerprint density at radius 2 is 2.05 bits per heavy atom. The first kappa shape index (κ1) is 16.4. The molecule has 0 saturated heterocycles. The van der Waals surface area contributed by atoms with Crippen LogP contribution in [0.25, 0.3) is 0 Å². The Kier molecular flexibility index (Phi) is 5.65. The van der Waals surface area contributed by atoms with Crippen LogP contribution in [0.1, 0.15) is 18.4 Å². The predicted octanol–water partition coefficient (Wildman–Crippen LogP) is 0.974. The minimum atomic E-state index is -1.29. The first-order valence-corrected chi connectivity index (χ1v) is 6.14. The number of nitrogens with two attached hydrogens (primary N) is 1. The molecule has 1 aromatic rings. The molecule has 0 fully saturated rings. The highest BCUT2D eigenvalue weighted by molar-refractivity contribution is 5.92. The predicted molar refractivity (Wildman–Crippen MR) is 73.1 cm³/mol. The monoisotopic (exact) mass is 297 g/mol. The van der Waals surface area contributed by atoms with E-state index in [1.165, 1.54) is 12.1 Å². The van der Waals surface area contributed by atoms with Gasteiger partial charge in [-0.1, -0.05) is 6.07 Å². The summed E-state index contributed by atoms with van der Waals surface area (Å²) in [5.41, 5.74) is 5.54. The van der Waals surface area contributed by atoms with E-state index in [0.29, 0.717) is 5.56 Å². The van der Waals surface area contributed by atoms with Gasteiger partial charge in [0.15, 0.2) is 0 Å². The Hall–Kier alpha value is -2.64. The van der Waals surface area contributed by atoms with Crippen LogP contribution in [-0.4, -0.2) is 29.1 Å². The SMILES string of the molecule is Cc1ccc(NC(=O)NC(CCC(N)=O)C(=O)O)cc1F. The highest BCUT2D eigenvalue weighted by atomic mass is 19.1. The van der Waals surface area contributed by atoms with E-state index in [1.807, 2.05) is 0 Å². The van der Waals surface area contributed by atoms with Crippen LogP contribution in [0.5, 0.6) is 0 Å². The Labute approximate surface area is 120 Å². The summed E-state index contributed by atoms with van der Waals surface area (Å²) in [6, 6.07) is 2.01. The molecule has 0 radical (unpaired) electrons. The smallest absolute Gasteiger partial charge is 0.326 e. The molecule has 0 aromatic heterocycles. The van der Waals surface area contributed by atoms with Gasteiger partial charge in [0.25, 0.3) is 0 Å². The quantitative estimate of drug-likeness (QED) is 0.625. The zero-order chi connectivity index (χ0) is 16.0. The summed E-state index contributed by atoms with van der Waals surface area (Å²) in [4.78, 5) is 33.2. The van der Waals surface area contributed by atoms with Gasteiger partial charge in [-0.25, -0.2) is 14.0 Å². The van der Waals surface area contributed by atoms with Crippen molar-refractivity contribution in [2.75, 3.05) is 5.32 Å². The van der Waals surface area contributed by atoms with E-state index in [2.05, 4.69) is 10.6 Å². The lowest BCUT2D eigenvalue weighted by molar-refractivity contribution is -0.139. The average molecular weight is 297 g/mol. The number of urea groups is 1. The molecule has 1 aromatic carbocycles. The summed E-state index contributed by atoms with van der Waals surface area (Å²) in [5.74, 6) is -2.44. The third-order valence-electron chi connectivity index (χ3n) is 2.71. The first-order chi connectivity index (χ1) is 9.79. The number of aryl methyl sites for hydroxylation is 1. The molecule has 5 N–H and O–H groups in total. The summed E-state index contributed by atoms with van der Waals surface area (Å²) in [7, 11) is 0. The van der Waals surface area contributed by atoms with E-state index in [9.17, 15) is 18.8 Å². The summed E-state index contributed by atoms with van der Waals surface area (Å²) < 4.78 is 13.3. The average Bonchev–Trinajstić information content (AvgIpc) is 2.38. The van der Waals surface area contributed by atoms with Crippen molar-refractivity contribution in [3.8, 4) is 0 Å². The van der Waals surface area contributed by atoms with Gasteiger partial charge >= 0.3 is 12.0 Å². The number of primary amides is 1. The van der Waals surface area contributed by atoms with Crippen LogP contribution in [0.2, 0.25) is 0 Å². The molecule has 21 heavy (non-hydrogen) atoms. The highest BCUT2D eigenvalue weighted by Gasteiger charge is 2.20. The summed E-state index contributed by atoms with van der Waals surface area (Å²) in [6.07, 6.45) is -0.295. The summed E-state index contributed by atoms with van der Waals surface area (Å²) in [6.45, 7) is 1.57. The molecule has 0 aliphatic heterocycles. The fourth-order valence-corrected chi connectivity index (χ4v) is 1.54. The number of rotatable bonds is 6. The number of carboxylic acid groups (broad SMARTS) is 1. The molecular weight excluding hydrogens is 281 g/mol. The van der Waals surface area contributed by atoms with Crippen molar-refractivity contribution in [2.45, 2.75) is 25.8 Å². The molecule has 0 saturated carbocycles.